The van der Waals surface area contributed by atoms with Crippen LogP contribution < -0.4 is 4.74 Å². The van der Waals surface area contributed by atoms with Crippen LogP contribution in [0.25, 0.3) is 21.6 Å². The summed E-state index contributed by atoms with van der Waals surface area (Å²) < 4.78 is 7.33. The van der Waals surface area contributed by atoms with Gasteiger partial charge in [-0.1, -0.05) is 30.3 Å². The van der Waals surface area contributed by atoms with Gasteiger partial charge in [0.1, 0.15) is 10.8 Å². The molecule has 0 N–H and O–H groups in total. The topological polar surface area (TPSA) is 57.0 Å². The van der Waals surface area contributed by atoms with Crippen molar-refractivity contribution in [3.8, 4) is 16.3 Å². The van der Waals surface area contributed by atoms with Crippen molar-refractivity contribution in [2.45, 2.75) is 0 Å². The second-order valence-corrected chi connectivity index (χ2v) is 6.16. The standard InChI is InChI=1S/C18H13N3O2S/c1-21-11-19-14-9-13(7-8-16(14)21)23-18(22)15-10-24-17(20-15)12-5-3-2-4-6-12/h2-11H,1H3. The number of hydrogen-bond donors (Lipinski definition) is 0. The summed E-state index contributed by atoms with van der Waals surface area (Å²) in [7, 11) is 1.92. The van der Waals surface area contributed by atoms with E-state index < -0.39 is 5.97 Å². The molecule has 0 radical (unpaired) electrons. The molecule has 2 aromatic carbocycles. The summed E-state index contributed by atoms with van der Waals surface area (Å²) in [6.07, 6.45) is 1.73. The number of fused-ring (bicyclic) bond motifs is 1. The number of rotatable bonds is 3. The van der Waals surface area contributed by atoms with Crippen molar-refractivity contribution in [3.63, 3.8) is 0 Å². The number of benzene rings is 2. The fraction of sp³-hybridized carbons (Fsp3) is 0.0556. The van der Waals surface area contributed by atoms with E-state index in [2.05, 4.69) is 9.97 Å². The smallest absolute Gasteiger partial charge is 0.363 e. The Balaban J connectivity index is 1.56. The van der Waals surface area contributed by atoms with Gasteiger partial charge in [-0.2, -0.15) is 0 Å². The molecule has 0 aliphatic rings. The van der Waals surface area contributed by atoms with Crippen LogP contribution in [0.5, 0.6) is 5.75 Å². The van der Waals surface area contributed by atoms with Crippen LogP contribution in [0.2, 0.25) is 0 Å². The summed E-state index contributed by atoms with van der Waals surface area (Å²) in [5, 5.41) is 2.51. The summed E-state index contributed by atoms with van der Waals surface area (Å²) in [5.74, 6) is -0.0100. The monoisotopic (exact) mass is 335 g/mol. The first-order valence-electron chi connectivity index (χ1n) is 7.35. The first-order chi connectivity index (χ1) is 11.7. The van der Waals surface area contributed by atoms with Crippen molar-refractivity contribution in [2.24, 2.45) is 7.05 Å². The van der Waals surface area contributed by atoms with Crippen LogP contribution in [-0.2, 0) is 7.05 Å². The Kier molecular flexibility index (Phi) is 3.59. The number of thiazole rings is 1. The Bertz CT molecular complexity index is 1020. The number of ether oxygens (including phenoxy) is 1. The molecule has 4 rings (SSSR count). The van der Waals surface area contributed by atoms with Crippen LogP contribution in [0, 0.1) is 0 Å². The fourth-order valence-corrected chi connectivity index (χ4v) is 3.21. The van der Waals surface area contributed by atoms with Gasteiger partial charge in [0, 0.05) is 24.1 Å². The largest absolute Gasteiger partial charge is 0.422 e. The maximum Gasteiger partial charge on any atom is 0.363 e. The van der Waals surface area contributed by atoms with E-state index in [-0.39, 0.29) is 0 Å². The highest BCUT2D eigenvalue weighted by atomic mass is 32.1. The van der Waals surface area contributed by atoms with Crippen LogP contribution in [-0.4, -0.2) is 20.5 Å². The Morgan fingerprint density at radius 3 is 2.83 bits per heavy atom. The molecule has 0 amide bonds. The summed E-state index contributed by atoms with van der Waals surface area (Å²) in [6.45, 7) is 0. The van der Waals surface area contributed by atoms with Gasteiger partial charge in [-0.25, -0.2) is 14.8 Å². The third-order valence-electron chi connectivity index (χ3n) is 3.64. The maximum absolute atomic E-state index is 12.3. The third kappa shape index (κ3) is 2.68. The average Bonchev–Trinajstić information content (AvgIpc) is 3.23. The van der Waals surface area contributed by atoms with Crippen molar-refractivity contribution in [1.82, 2.24) is 14.5 Å². The summed E-state index contributed by atoms with van der Waals surface area (Å²) in [5.41, 5.74) is 3.05. The summed E-state index contributed by atoms with van der Waals surface area (Å²) >= 11 is 1.42. The lowest BCUT2D eigenvalue weighted by Gasteiger charge is -2.02. The first kappa shape index (κ1) is 14.6. The molecule has 5 nitrogen and oxygen atoms in total. The molecule has 0 fully saturated rings. The lowest BCUT2D eigenvalue weighted by molar-refractivity contribution is 0.0730. The molecular formula is C18H13N3O2S. The number of carbonyl (C=O) groups excluding carboxylic acids is 1. The maximum atomic E-state index is 12.3. The fourth-order valence-electron chi connectivity index (χ4n) is 2.42. The minimum Gasteiger partial charge on any atom is -0.422 e. The number of esters is 1. The van der Waals surface area contributed by atoms with Crippen molar-refractivity contribution in [1.29, 1.82) is 0 Å². The lowest BCUT2D eigenvalue weighted by atomic mass is 10.2. The molecule has 2 heterocycles. The molecule has 0 saturated heterocycles. The molecule has 0 atom stereocenters. The molecule has 4 aromatic rings. The molecule has 6 heteroatoms. The Morgan fingerprint density at radius 1 is 1.17 bits per heavy atom. The molecule has 0 aliphatic carbocycles. The number of aromatic nitrogens is 3. The molecule has 0 saturated carbocycles. The lowest BCUT2D eigenvalue weighted by Crippen LogP contribution is -2.08. The Labute approximate surface area is 142 Å². The van der Waals surface area contributed by atoms with Crippen LogP contribution >= 0.6 is 11.3 Å². The SMILES string of the molecule is Cn1cnc2cc(OC(=O)c3csc(-c4ccccc4)n3)ccc21. The van der Waals surface area contributed by atoms with E-state index in [0.29, 0.717) is 11.4 Å². The molecule has 0 spiro atoms. The highest BCUT2D eigenvalue weighted by Crippen LogP contribution is 2.25. The number of aryl methyl sites for hydroxylation is 1. The van der Waals surface area contributed by atoms with Crippen LogP contribution in [0.15, 0.2) is 60.2 Å². The van der Waals surface area contributed by atoms with Gasteiger partial charge < -0.3 is 9.30 Å². The zero-order valence-electron chi connectivity index (χ0n) is 12.8. The Hall–Kier alpha value is -2.99. The number of carbonyl (C=O) groups is 1. The molecule has 2 aromatic heterocycles. The van der Waals surface area contributed by atoms with Gasteiger partial charge in [0.05, 0.1) is 17.4 Å². The minimum absolute atomic E-state index is 0.306. The van der Waals surface area contributed by atoms with Crippen molar-refractivity contribution < 1.29 is 9.53 Å². The van der Waals surface area contributed by atoms with Gasteiger partial charge in [-0.05, 0) is 12.1 Å². The average molecular weight is 335 g/mol. The van der Waals surface area contributed by atoms with Gasteiger partial charge in [-0.3, -0.25) is 0 Å². The number of hydrogen-bond acceptors (Lipinski definition) is 5. The second-order valence-electron chi connectivity index (χ2n) is 5.30. The van der Waals surface area contributed by atoms with Gasteiger partial charge in [-0.15, -0.1) is 11.3 Å². The zero-order chi connectivity index (χ0) is 16.5. The van der Waals surface area contributed by atoms with Crippen LogP contribution in [0.1, 0.15) is 10.5 Å². The van der Waals surface area contributed by atoms with E-state index in [9.17, 15) is 4.79 Å². The molecule has 0 aliphatic heterocycles. The van der Waals surface area contributed by atoms with E-state index >= 15 is 0 Å². The van der Waals surface area contributed by atoms with Crippen LogP contribution in [0.4, 0.5) is 0 Å². The molecule has 0 bridgehead atoms. The summed E-state index contributed by atoms with van der Waals surface area (Å²) in [4.78, 5) is 20.9. The van der Waals surface area contributed by atoms with Crippen LogP contribution in [0.3, 0.4) is 0 Å². The minimum atomic E-state index is -0.469. The zero-order valence-corrected chi connectivity index (χ0v) is 13.7. The predicted molar refractivity (Wildman–Crippen MR) is 93.2 cm³/mol. The van der Waals surface area contributed by atoms with E-state index in [0.717, 1.165) is 21.6 Å². The van der Waals surface area contributed by atoms with Gasteiger partial charge >= 0.3 is 5.97 Å². The highest BCUT2D eigenvalue weighted by Gasteiger charge is 2.14. The van der Waals surface area contributed by atoms with Crippen molar-refractivity contribution >= 4 is 28.3 Å². The quantitative estimate of drug-likeness (QED) is 0.421. The molecule has 24 heavy (non-hydrogen) atoms. The van der Waals surface area contributed by atoms with E-state index in [1.807, 2.05) is 48.0 Å². The second kappa shape index (κ2) is 5.90. The van der Waals surface area contributed by atoms with E-state index in [4.69, 9.17) is 4.74 Å². The van der Waals surface area contributed by atoms with Crippen molar-refractivity contribution in [3.05, 3.63) is 65.9 Å². The Morgan fingerprint density at radius 2 is 2.00 bits per heavy atom. The normalized spacial score (nSPS) is 10.9. The first-order valence-corrected chi connectivity index (χ1v) is 8.23. The van der Waals surface area contributed by atoms with Gasteiger partial charge in [0.2, 0.25) is 0 Å². The third-order valence-corrected chi connectivity index (χ3v) is 4.53. The van der Waals surface area contributed by atoms with Gasteiger partial charge in [0.25, 0.3) is 0 Å². The predicted octanol–water partition coefficient (Wildman–Crippen LogP) is 3.92. The van der Waals surface area contributed by atoms with Gasteiger partial charge in [0.15, 0.2) is 5.69 Å². The van der Waals surface area contributed by atoms with Crippen molar-refractivity contribution in [2.75, 3.05) is 0 Å². The number of nitrogens with zero attached hydrogens (tertiary/aromatic N) is 3. The number of imidazole rings is 1. The van der Waals surface area contributed by atoms with E-state index in [1.165, 1.54) is 11.3 Å². The van der Waals surface area contributed by atoms with E-state index in [1.54, 1.807) is 23.8 Å². The summed E-state index contributed by atoms with van der Waals surface area (Å²) in [6, 6.07) is 15.1. The molecule has 0 unspecified atom stereocenters. The molecular weight excluding hydrogens is 322 g/mol. The molecule has 118 valence electrons. The highest BCUT2D eigenvalue weighted by molar-refractivity contribution is 7.13.